The van der Waals surface area contributed by atoms with Crippen LogP contribution in [0.3, 0.4) is 0 Å². The topological polar surface area (TPSA) is 41.6 Å². The molecule has 0 aromatic carbocycles. The summed E-state index contributed by atoms with van der Waals surface area (Å²) in [6.45, 7) is 6.27. The number of nitrogens with two attached hydrogens (primary N) is 1. The number of amidine groups is 1. The van der Waals surface area contributed by atoms with E-state index in [1.165, 1.54) is 0 Å². The lowest BCUT2D eigenvalue weighted by Gasteiger charge is -2.23. The lowest BCUT2D eigenvalue weighted by atomic mass is 10.3. The average Bonchev–Trinajstić information content (AvgIpc) is 1.90. The van der Waals surface area contributed by atoms with E-state index in [2.05, 4.69) is 23.8 Å². The minimum Gasteiger partial charge on any atom is -0.359 e. The molecule has 0 aromatic heterocycles. The second-order valence-corrected chi connectivity index (χ2v) is 2.60. The van der Waals surface area contributed by atoms with Gasteiger partial charge in [-0.1, -0.05) is 6.92 Å². The number of hydrogen-bond acceptors (Lipinski definition) is 2. The molecule has 0 bridgehead atoms. The third-order valence-corrected chi connectivity index (χ3v) is 1.65. The van der Waals surface area contributed by atoms with E-state index in [1.54, 1.807) is 0 Å². The summed E-state index contributed by atoms with van der Waals surface area (Å²) in [4.78, 5) is 2.07. The molecular weight excluding hydrogens is 126 g/mol. The molecule has 0 spiro atoms. The van der Waals surface area contributed by atoms with Crippen LogP contribution in [0.2, 0.25) is 0 Å². The summed E-state index contributed by atoms with van der Waals surface area (Å²) in [6.07, 6.45) is 0.894. The van der Waals surface area contributed by atoms with Crippen LogP contribution in [0.25, 0.3) is 0 Å². The highest BCUT2D eigenvalue weighted by atomic mass is 15.3. The molecule has 0 fully saturated rings. The Hall–Kier alpha value is -0.730. The summed E-state index contributed by atoms with van der Waals surface area (Å²) in [5.74, 6) is 6.12. The van der Waals surface area contributed by atoms with Gasteiger partial charge in [0.2, 0.25) is 0 Å². The van der Waals surface area contributed by atoms with E-state index in [9.17, 15) is 0 Å². The van der Waals surface area contributed by atoms with Crippen molar-refractivity contribution in [1.82, 2.24) is 4.90 Å². The summed E-state index contributed by atoms with van der Waals surface area (Å²) in [7, 11) is 2.00. The van der Waals surface area contributed by atoms with Gasteiger partial charge in [-0.15, -0.1) is 0 Å². The predicted octanol–water partition coefficient (Wildman–Crippen LogP) is 1.01. The maximum atomic E-state index is 5.17. The predicted molar refractivity (Wildman–Crippen MR) is 44.8 cm³/mol. The Labute approximate surface area is 62.9 Å². The zero-order chi connectivity index (χ0) is 8.15. The summed E-state index contributed by atoms with van der Waals surface area (Å²) in [6, 6.07) is 0.474. The zero-order valence-corrected chi connectivity index (χ0v) is 7.26. The third-order valence-electron chi connectivity index (χ3n) is 1.65. The van der Waals surface area contributed by atoms with Gasteiger partial charge >= 0.3 is 0 Å². The molecule has 0 rings (SSSR count). The third kappa shape index (κ3) is 2.25. The Morgan fingerprint density at radius 3 is 2.20 bits per heavy atom. The number of rotatable bonds is 2. The van der Waals surface area contributed by atoms with Crippen LogP contribution in [-0.2, 0) is 0 Å². The Morgan fingerprint density at radius 1 is 1.60 bits per heavy atom. The van der Waals surface area contributed by atoms with Gasteiger partial charge in [0.25, 0.3) is 0 Å². The van der Waals surface area contributed by atoms with E-state index in [0.29, 0.717) is 6.04 Å². The van der Waals surface area contributed by atoms with Crippen LogP contribution in [0.4, 0.5) is 0 Å². The first-order chi connectivity index (χ1) is 4.63. The molecule has 0 radical (unpaired) electrons. The molecule has 0 aliphatic carbocycles. The molecule has 60 valence electrons. The summed E-state index contributed by atoms with van der Waals surface area (Å²) < 4.78 is 0. The van der Waals surface area contributed by atoms with E-state index < -0.39 is 0 Å². The van der Waals surface area contributed by atoms with Gasteiger partial charge in [-0.2, -0.15) is 5.10 Å². The maximum Gasteiger partial charge on any atom is 0.124 e. The van der Waals surface area contributed by atoms with E-state index in [4.69, 9.17) is 5.84 Å². The highest BCUT2D eigenvalue weighted by Gasteiger charge is 2.06. The molecule has 0 saturated heterocycles. The second kappa shape index (κ2) is 4.14. The first kappa shape index (κ1) is 9.27. The van der Waals surface area contributed by atoms with Gasteiger partial charge in [0.15, 0.2) is 0 Å². The van der Waals surface area contributed by atoms with Gasteiger partial charge in [0, 0.05) is 19.5 Å². The van der Waals surface area contributed by atoms with Crippen LogP contribution in [0.1, 0.15) is 27.2 Å². The van der Waals surface area contributed by atoms with Crippen molar-refractivity contribution in [3.8, 4) is 0 Å². The standard InChI is InChI=1S/C7H17N3/c1-5-7(9-8)10(4)6(2)3/h6H,5,8H2,1-4H3/b9-7-. The van der Waals surface area contributed by atoms with Crippen molar-refractivity contribution < 1.29 is 0 Å². The smallest absolute Gasteiger partial charge is 0.124 e. The van der Waals surface area contributed by atoms with Gasteiger partial charge in [0.1, 0.15) is 5.84 Å². The highest BCUT2D eigenvalue weighted by molar-refractivity contribution is 5.81. The van der Waals surface area contributed by atoms with Crippen molar-refractivity contribution in [2.45, 2.75) is 33.2 Å². The van der Waals surface area contributed by atoms with Crippen molar-refractivity contribution in [2.75, 3.05) is 7.05 Å². The first-order valence-corrected chi connectivity index (χ1v) is 3.63. The molecule has 0 heterocycles. The van der Waals surface area contributed by atoms with E-state index in [-0.39, 0.29) is 0 Å². The van der Waals surface area contributed by atoms with Gasteiger partial charge in [-0.25, -0.2) is 0 Å². The molecule has 0 aromatic rings. The molecule has 10 heavy (non-hydrogen) atoms. The Morgan fingerprint density at radius 2 is 2.10 bits per heavy atom. The van der Waals surface area contributed by atoms with Gasteiger partial charge in [0.05, 0.1) is 0 Å². The van der Waals surface area contributed by atoms with E-state index in [0.717, 1.165) is 12.3 Å². The fourth-order valence-electron chi connectivity index (χ4n) is 0.730. The van der Waals surface area contributed by atoms with Crippen molar-refractivity contribution >= 4 is 5.84 Å². The fraction of sp³-hybridized carbons (Fsp3) is 0.857. The molecule has 0 atom stereocenters. The SMILES string of the molecule is CC/C(=N/N)N(C)C(C)C. The van der Waals surface area contributed by atoms with Crippen molar-refractivity contribution in [1.29, 1.82) is 0 Å². The number of hydrogen-bond donors (Lipinski definition) is 1. The van der Waals surface area contributed by atoms with Crippen LogP contribution in [0, 0.1) is 0 Å². The first-order valence-electron chi connectivity index (χ1n) is 3.63. The van der Waals surface area contributed by atoms with Crippen LogP contribution in [-0.4, -0.2) is 23.8 Å². The zero-order valence-electron chi connectivity index (χ0n) is 7.26. The molecular formula is C7H17N3. The molecule has 0 aliphatic rings. The number of nitrogens with zero attached hydrogens (tertiary/aromatic N) is 2. The van der Waals surface area contributed by atoms with Crippen molar-refractivity contribution in [2.24, 2.45) is 10.9 Å². The van der Waals surface area contributed by atoms with Crippen LogP contribution < -0.4 is 5.84 Å². The second-order valence-electron chi connectivity index (χ2n) is 2.60. The summed E-state index contributed by atoms with van der Waals surface area (Å²) >= 11 is 0. The lowest BCUT2D eigenvalue weighted by molar-refractivity contribution is 0.409. The highest BCUT2D eigenvalue weighted by Crippen LogP contribution is 1.97. The fourth-order valence-corrected chi connectivity index (χ4v) is 0.730. The minimum absolute atomic E-state index is 0.474. The maximum absolute atomic E-state index is 5.17. The number of hydrazone groups is 1. The monoisotopic (exact) mass is 143 g/mol. The molecule has 0 aliphatic heterocycles. The average molecular weight is 143 g/mol. The van der Waals surface area contributed by atoms with Gasteiger partial charge in [-0.3, -0.25) is 0 Å². The molecule has 3 nitrogen and oxygen atoms in total. The molecule has 0 amide bonds. The molecule has 2 N–H and O–H groups in total. The van der Waals surface area contributed by atoms with Crippen molar-refractivity contribution in [3.63, 3.8) is 0 Å². The van der Waals surface area contributed by atoms with Crippen LogP contribution >= 0.6 is 0 Å². The summed E-state index contributed by atoms with van der Waals surface area (Å²) in [5.41, 5.74) is 0. The van der Waals surface area contributed by atoms with Crippen LogP contribution in [0.5, 0.6) is 0 Å². The van der Waals surface area contributed by atoms with Gasteiger partial charge < -0.3 is 10.7 Å². The van der Waals surface area contributed by atoms with E-state index in [1.807, 2.05) is 14.0 Å². The van der Waals surface area contributed by atoms with E-state index >= 15 is 0 Å². The largest absolute Gasteiger partial charge is 0.359 e. The molecule has 3 heteroatoms. The molecule has 0 saturated carbocycles. The Kier molecular flexibility index (Phi) is 3.84. The Bertz CT molecular complexity index is 118. The van der Waals surface area contributed by atoms with Gasteiger partial charge in [-0.05, 0) is 13.8 Å². The normalized spacial score (nSPS) is 12.3. The van der Waals surface area contributed by atoms with Crippen molar-refractivity contribution in [3.05, 3.63) is 0 Å². The Balaban J connectivity index is 4.03. The quantitative estimate of drug-likeness (QED) is 0.271. The summed E-state index contributed by atoms with van der Waals surface area (Å²) in [5, 5.41) is 3.67. The minimum atomic E-state index is 0.474. The molecule has 0 unspecified atom stereocenters. The lowest BCUT2D eigenvalue weighted by Crippen LogP contribution is -2.33. The van der Waals surface area contributed by atoms with Crippen LogP contribution in [0.15, 0.2) is 5.10 Å².